The van der Waals surface area contributed by atoms with E-state index in [9.17, 15) is 24.0 Å². The van der Waals surface area contributed by atoms with E-state index >= 15 is 0 Å². The van der Waals surface area contributed by atoms with Crippen molar-refractivity contribution in [3.63, 3.8) is 0 Å². The van der Waals surface area contributed by atoms with E-state index in [4.69, 9.17) is 4.74 Å². The van der Waals surface area contributed by atoms with E-state index in [2.05, 4.69) is 16.0 Å². The van der Waals surface area contributed by atoms with Crippen LogP contribution in [0.15, 0.2) is 24.3 Å². The van der Waals surface area contributed by atoms with Gasteiger partial charge in [0.15, 0.2) is 0 Å². The van der Waals surface area contributed by atoms with E-state index in [1.54, 1.807) is 36.1 Å². The molecule has 2 fully saturated rings. The van der Waals surface area contributed by atoms with Gasteiger partial charge in [-0.2, -0.15) is 0 Å². The highest BCUT2D eigenvalue weighted by Gasteiger charge is 2.35. The second-order valence-corrected chi connectivity index (χ2v) is 8.37. The molecule has 0 bridgehead atoms. The summed E-state index contributed by atoms with van der Waals surface area (Å²) in [6.45, 7) is 6.16. The molecule has 2 aliphatic rings. The molecule has 1 atom stereocenters. The van der Waals surface area contributed by atoms with Gasteiger partial charge in [0, 0.05) is 57.6 Å². The van der Waals surface area contributed by atoms with Crippen molar-refractivity contribution in [2.24, 2.45) is 0 Å². The van der Waals surface area contributed by atoms with Crippen LogP contribution in [-0.4, -0.2) is 103 Å². The van der Waals surface area contributed by atoms with Crippen molar-refractivity contribution in [3.8, 4) is 0 Å². The second kappa shape index (κ2) is 12.2. The molecule has 2 saturated heterocycles. The first-order valence-electron chi connectivity index (χ1n) is 11.7. The molecule has 1 aromatic carbocycles. The van der Waals surface area contributed by atoms with Gasteiger partial charge in [-0.25, -0.2) is 4.79 Å². The third kappa shape index (κ3) is 7.41. The average molecular weight is 489 g/mol. The van der Waals surface area contributed by atoms with Crippen molar-refractivity contribution < 1.29 is 28.7 Å². The fourth-order valence-corrected chi connectivity index (χ4v) is 4.03. The van der Waals surface area contributed by atoms with Gasteiger partial charge in [-0.3, -0.25) is 24.1 Å². The van der Waals surface area contributed by atoms with E-state index in [-0.39, 0.29) is 36.8 Å². The van der Waals surface area contributed by atoms with Crippen LogP contribution >= 0.6 is 0 Å². The lowest BCUT2D eigenvalue weighted by molar-refractivity contribution is -0.145. The Kier molecular flexibility index (Phi) is 9.01. The fraction of sp³-hybridized carbons (Fsp3) is 0.522. The lowest BCUT2D eigenvalue weighted by Crippen LogP contribution is -2.60. The van der Waals surface area contributed by atoms with Crippen LogP contribution in [0.5, 0.6) is 0 Å². The quantitative estimate of drug-likeness (QED) is 0.494. The SMILES string of the molecule is CCOC(=O)N1CCN(CC(=O)N2CCNC(=O)C2CC(=O)Nc2ccc(NC(C)=O)cc2)CC1. The lowest BCUT2D eigenvalue weighted by atomic mass is 10.1. The van der Waals surface area contributed by atoms with Crippen molar-refractivity contribution >= 4 is 41.1 Å². The van der Waals surface area contributed by atoms with Crippen molar-refractivity contribution in [1.82, 2.24) is 20.0 Å². The molecule has 3 rings (SSSR count). The summed E-state index contributed by atoms with van der Waals surface area (Å²) in [6, 6.07) is 5.69. The monoisotopic (exact) mass is 488 g/mol. The van der Waals surface area contributed by atoms with Crippen LogP contribution < -0.4 is 16.0 Å². The highest BCUT2D eigenvalue weighted by Crippen LogP contribution is 2.16. The summed E-state index contributed by atoms with van der Waals surface area (Å²) in [5.74, 6) is -1.20. The summed E-state index contributed by atoms with van der Waals surface area (Å²) in [6.07, 6.45) is -0.538. The average Bonchev–Trinajstić information content (AvgIpc) is 2.82. The number of nitrogens with zero attached hydrogens (tertiary/aromatic N) is 3. The topological polar surface area (TPSA) is 140 Å². The Bertz CT molecular complexity index is 944. The molecule has 0 saturated carbocycles. The molecule has 0 radical (unpaired) electrons. The van der Waals surface area contributed by atoms with Crippen LogP contribution in [0.4, 0.5) is 16.2 Å². The zero-order chi connectivity index (χ0) is 25.4. The number of carbonyl (C=O) groups is 5. The Balaban J connectivity index is 1.54. The first-order chi connectivity index (χ1) is 16.8. The van der Waals surface area contributed by atoms with Gasteiger partial charge >= 0.3 is 6.09 Å². The largest absolute Gasteiger partial charge is 0.450 e. The Hall–Kier alpha value is -3.67. The van der Waals surface area contributed by atoms with Gasteiger partial charge in [-0.05, 0) is 31.2 Å². The minimum Gasteiger partial charge on any atom is -0.450 e. The Morgan fingerprint density at radius 3 is 2.23 bits per heavy atom. The van der Waals surface area contributed by atoms with Gasteiger partial charge < -0.3 is 30.5 Å². The van der Waals surface area contributed by atoms with E-state index in [1.807, 2.05) is 4.90 Å². The summed E-state index contributed by atoms with van der Waals surface area (Å²) >= 11 is 0. The number of nitrogens with one attached hydrogen (secondary N) is 3. The molecule has 0 aliphatic carbocycles. The molecule has 0 spiro atoms. The molecular weight excluding hydrogens is 456 g/mol. The second-order valence-electron chi connectivity index (χ2n) is 8.37. The van der Waals surface area contributed by atoms with Gasteiger partial charge in [-0.15, -0.1) is 0 Å². The molecule has 5 amide bonds. The zero-order valence-electron chi connectivity index (χ0n) is 20.0. The van der Waals surface area contributed by atoms with Crippen LogP contribution in [0, 0.1) is 0 Å². The van der Waals surface area contributed by atoms with E-state index in [0.717, 1.165) is 0 Å². The van der Waals surface area contributed by atoms with Gasteiger partial charge in [0.05, 0.1) is 19.6 Å². The van der Waals surface area contributed by atoms with Crippen molar-refractivity contribution in [2.75, 3.05) is 63.1 Å². The smallest absolute Gasteiger partial charge is 0.409 e. The summed E-state index contributed by atoms with van der Waals surface area (Å²) in [5.41, 5.74) is 1.11. The first kappa shape index (κ1) is 25.9. The number of carbonyl (C=O) groups excluding carboxylic acids is 5. The normalized spacial score (nSPS) is 18.5. The number of hydrogen-bond donors (Lipinski definition) is 3. The number of anilines is 2. The van der Waals surface area contributed by atoms with Gasteiger partial charge in [0.2, 0.25) is 23.6 Å². The zero-order valence-corrected chi connectivity index (χ0v) is 20.0. The number of rotatable bonds is 7. The molecule has 12 nitrogen and oxygen atoms in total. The van der Waals surface area contributed by atoms with E-state index in [0.29, 0.717) is 57.3 Å². The predicted molar refractivity (Wildman–Crippen MR) is 128 cm³/mol. The third-order valence-corrected chi connectivity index (χ3v) is 5.78. The molecule has 1 aromatic rings. The third-order valence-electron chi connectivity index (χ3n) is 5.78. The number of piperazine rings is 2. The summed E-state index contributed by atoms with van der Waals surface area (Å²) in [7, 11) is 0. The van der Waals surface area contributed by atoms with Crippen LogP contribution in [-0.2, 0) is 23.9 Å². The number of amides is 5. The Morgan fingerprint density at radius 1 is 1.00 bits per heavy atom. The number of hydrogen-bond acceptors (Lipinski definition) is 7. The highest BCUT2D eigenvalue weighted by molar-refractivity contribution is 5.98. The predicted octanol–water partition coefficient (Wildman–Crippen LogP) is 0.0747. The molecule has 12 heteroatoms. The molecule has 35 heavy (non-hydrogen) atoms. The van der Waals surface area contributed by atoms with Gasteiger partial charge in [0.1, 0.15) is 6.04 Å². The maximum Gasteiger partial charge on any atom is 0.409 e. The number of ether oxygens (including phenoxy) is 1. The van der Waals surface area contributed by atoms with Crippen LogP contribution in [0.3, 0.4) is 0 Å². The van der Waals surface area contributed by atoms with Crippen molar-refractivity contribution in [1.29, 1.82) is 0 Å². The lowest BCUT2D eigenvalue weighted by Gasteiger charge is -2.38. The Morgan fingerprint density at radius 2 is 1.63 bits per heavy atom. The maximum absolute atomic E-state index is 13.0. The van der Waals surface area contributed by atoms with Gasteiger partial charge in [-0.1, -0.05) is 0 Å². The summed E-state index contributed by atoms with van der Waals surface area (Å²) in [5, 5.41) is 8.09. The molecule has 2 heterocycles. The Labute approximate surface area is 203 Å². The molecular formula is C23H32N6O6. The molecule has 190 valence electrons. The molecule has 0 aromatic heterocycles. The molecule has 1 unspecified atom stereocenters. The number of benzene rings is 1. The van der Waals surface area contributed by atoms with Crippen molar-refractivity contribution in [3.05, 3.63) is 24.3 Å². The maximum atomic E-state index is 13.0. The summed E-state index contributed by atoms with van der Waals surface area (Å²) < 4.78 is 5.01. The summed E-state index contributed by atoms with van der Waals surface area (Å²) in [4.78, 5) is 66.2. The molecule has 3 N–H and O–H groups in total. The first-order valence-corrected chi connectivity index (χ1v) is 11.7. The van der Waals surface area contributed by atoms with Gasteiger partial charge in [0.25, 0.3) is 0 Å². The van der Waals surface area contributed by atoms with E-state index < -0.39 is 11.9 Å². The van der Waals surface area contributed by atoms with Crippen LogP contribution in [0.25, 0.3) is 0 Å². The van der Waals surface area contributed by atoms with E-state index in [1.165, 1.54) is 11.8 Å². The fourth-order valence-electron chi connectivity index (χ4n) is 4.03. The van der Waals surface area contributed by atoms with Crippen LogP contribution in [0.2, 0.25) is 0 Å². The minimum absolute atomic E-state index is 0.104. The van der Waals surface area contributed by atoms with Crippen LogP contribution in [0.1, 0.15) is 20.3 Å². The van der Waals surface area contributed by atoms with Crippen molar-refractivity contribution in [2.45, 2.75) is 26.3 Å². The minimum atomic E-state index is -0.907. The highest BCUT2D eigenvalue weighted by atomic mass is 16.6. The molecule has 2 aliphatic heterocycles. The standard InChI is InChI=1S/C23H32N6O6/c1-3-35-23(34)28-12-10-27(11-13-28)15-21(32)29-9-8-24-22(33)19(29)14-20(31)26-18-6-4-17(5-7-18)25-16(2)30/h4-7,19H,3,8-15H2,1-2H3,(H,24,33)(H,25,30)(H,26,31).